The molecule has 0 saturated heterocycles. The van der Waals surface area contributed by atoms with Gasteiger partial charge in [-0.1, -0.05) is 0 Å². The second-order valence-electron chi connectivity index (χ2n) is 5.26. The Morgan fingerprint density at radius 2 is 1.29 bits per heavy atom. The lowest BCUT2D eigenvalue weighted by Crippen LogP contribution is -2.47. The number of hydrogen-bond donors (Lipinski definition) is 7. The van der Waals surface area contributed by atoms with Gasteiger partial charge >= 0.3 is 7.32 Å². The third kappa shape index (κ3) is 5.77. The van der Waals surface area contributed by atoms with Crippen LogP contribution >= 0.6 is 0 Å². The van der Waals surface area contributed by atoms with Gasteiger partial charge in [-0.05, 0) is 6.92 Å². The summed E-state index contributed by atoms with van der Waals surface area (Å²) in [6.07, 6.45) is -1.09. The minimum atomic E-state index is -1.77. The van der Waals surface area contributed by atoms with Crippen LogP contribution in [-0.2, 0) is 9.31 Å². The van der Waals surface area contributed by atoms with Crippen LogP contribution in [0.5, 0.6) is 0 Å². The van der Waals surface area contributed by atoms with Gasteiger partial charge in [-0.15, -0.1) is 0 Å². The van der Waals surface area contributed by atoms with Crippen LogP contribution in [0.1, 0.15) is 6.92 Å². The molecular weight excluding hydrogens is 287 g/mol. The number of hydrogen-bond acceptors (Lipinski definition) is 9. The van der Waals surface area contributed by atoms with Crippen molar-refractivity contribution in [2.45, 2.75) is 13.0 Å². The fourth-order valence-electron chi connectivity index (χ4n) is 1.35. The van der Waals surface area contributed by atoms with E-state index in [9.17, 15) is 20.3 Å². The molecule has 0 radical (unpaired) electrons. The van der Waals surface area contributed by atoms with Gasteiger partial charge in [-0.2, -0.15) is 0 Å². The summed E-state index contributed by atoms with van der Waals surface area (Å²) in [7, 11) is -1.77. The second kappa shape index (κ2) is 9.67. The normalized spacial score (nSPS) is 14.3. The molecule has 0 aromatic rings. The quantitative estimate of drug-likeness (QED) is 0.180. The first-order valence-electron chi connectivity index (χ1n) is 6.49. The summed E-state index contributed by atoms with van der Waals surface area (Å²) in [6, 6.07) is 0. The summed E-state index contributed by atoms with van der Waals surface area (Å²) in [6.45, 7) is -2.21. The van der Waals surface area contributed by atoms with Crippen molar-refractivity contribution < 1.29 is 45.0 Å². The molecule has 0 spiro atoms. The topological polar surface area (TPSA) is 160 Å². The first kappa shape index (κ1) is 20.7. The lowest BCUT2D eigenvalue weighted by atomic mass is 9.85. The molecule has 0 aliphatic heterocycles. The molecule has 0 aliphatic rings. The van der Waals surface area contributed by atoms with Gasteiger partial charge in [0.15, 0.2) is 0 Å². The van der Waals surface area contributed by atoms with Gasteiger partial charge in [0.2, 0.25) is 0 Å². The van der Waals surface area contributed by atoms with E-state index in [4.69, 9.17) is 24.6 Å². The summed E-state index contributed by atoms with van der Waals surface area (Å²) in [5.74, 6) is 0. The van der Waals surface area contributed by atoms with Gasteiger partial charge in [0.05, 0.1) is 50.0 Å². The van der Waals surface area contributed by atoms with Gasteiger partial charge in [-0.3, -0.25) is 0 Å². The Labute approximate surface area is 123 Å². The molecule has 0 aromatic heterocycles. The van der Waals surface area contributed by atoms with E-state index in [2.05, 4.69) is 0 Å². The lowest BCUT2D eigenvalue weighted by molar-refractivity contribution is -0.0835. The molecule has 10 heteroatoms. The first-order chi connectivity index (χ1) is 9.85. The fourth-order valence-corrected chi connectivity index (χ4v) is 1.35. The zero-order chi connectivity index (χ0) is 16.5. The minimum Gasteiger partial charge on any atom is -0.402 e. The highest BCUT2D eigenvalue weighted by atomic mass is 16.7. The molecule has 0 bridgehead atoms. The predicted molar refractivity (Wildman–Crippen MR) is 71.9 cm³/mol. The molecule has 0 aromatic carbocycles. The van der Waals surface area contributed by atoms with E-state index in [0.29, 0.717) is 0 Å². The number of rotatable bonds is 12. The monoisotopic (exact) mass is 312 g/mol. The maximum absolute atomic E-state index is 9.53. The molecule has 126 valence electrons. The van der Waals surface area contributed by atoms with E-state index in [0.717, 1.165) is 0 Å². The van der Waals surface area contributed by atoms with Crippen molar-refractivity contribution in [1.29, 1.82) is 0 Å². The molecule has 7 N–H and O–H groups in total. The van der Waals surface area contributed by atoms with Crippen molar-refractivity contribution in [3.8, 4) is 0 Å². The molecule has 21 heavy (non-hydrogen) atoms. The average molecular weight is 312 g/mol. The summed E-state index contributed by atoms with van der Waals surface area (Å²) in [4.78, 5) is 0. The van der Waals surface area contributed by atoms with Crippen molar-refractivity contribution in [1.82, 2.24) is 0 Å². The van der Waals surface area contributed by atoms with Crippen LogP contribution in [0.3, 0.4) is 0 Å². The molecule has 9 nitrogen and oxygen atoms in total. The average Bonchev–Trinajstić information content (AvgIpc) is 2.50. The Hall–Kier alpha value is -0.295. The van der Waals surface area contributed by atoms with Gasteiger partial charge in [0, 0.05) is 13.2 Å². The zero-order valence-electron chi connectivity index (χ0n) is 12.1. The molecule has 0 heterocycles. The molecule has 1 unspecified atom stereocenters. The zero-order valence-corrected chi connectivity index (χ0v) is 12.1. The van der Waals surface area contributed by atoms with Crippen molar-refractivity contribution in [2.75, 3.05) is 46.2 Å². The highest BCUT2D eigenvalue weighted by molar-refractivity contribution is 6.34. The van der Waals surface area contributed by atoms with Crippen LogP contribution in [0, 0.1) is 10.8 Å². The third-order valence-electron chi connectivity index (χ3n) is 3.57. The van der Waals surface area contributed by atoms with Crippen molar-refractivity contribution in [3.63, 3.8) is 0 Å². The summed E-state index contributed by atoms with van der Waals surface area (Å²) in [5.41, 5.74) is -2.67. The summed E-state index contributed by atoms with van der Waals surface area (Å²) >= 11 is 0. The van der Waals surface area contributed by atoms with Gasteiger partial charge < -0.3 is 45.0 Å². The summed E-state index contributed by atoms with van der Waals surface area (Å²) < 4.78 is 9.74. The fraction of sp³-hybridized carbons (Fsp3) is 1.00. The van der Waals surface area contributed by atoms with Crippen LogP contribution in [0.25, 0.3) is 0 Å². The van der Waals surface area contributed by atoms with Crippen LogP contribution in [0.2, 0.25) is 0 Å². The molecule has 0 fully saturated rings. The van der Waals surface area contributed by atoms with E-state index in [1.807, 2.05) is 0 Å². The van der Waals surface area contributed by atoms with Crippen LogP contribution < -0.4 is 0 Å². The second-order valence-corrected chi connectivity index (χ2v) is 5.26. The third-order valence-corrected chi connectivity index (χ3v) is 3.57. The Morgan fingerprint density at radius 3 is 1.62 bits per heavy atom. The number of aliphatic hydroxyl groups is 6. The first-order valence-corrected chi connectivity index (χ1v) is 6.49. The predicted octanol–water partition coefficient (Wildman–Crippen LogP) is -3.69. The van der Waals surface area contributed by atoms with E-state index in [-0.39, 0.29) is 13.2 Å². The Morgan fingerprint density at radius 1 is 0.857 bits per heavy atom. The SMILES string of the molecule is CC(O)C(CO)(CO)COB(O)OCC(CO)(CO)CO. The van der Waals surface area contributed by atoms with Gasteiger partial charge in [-0.25, -0.2) is 0 Å². The van der Waals surface area contributed by atoms with Crippen LogP contribution in [-0.4, -0.2) is 95.3 Å². The molecular formula is C11H25BO9. The van der Waals surface area contributed by atoms with Crippen LogP contribution in [0.4, 0.5) is 0 Å². The minimum absolute atomic E-state index is 0.377. The van der Waals surface area contributed by atoms with E-state index in [1.165, 1.54) is 6.92 Å². The maximum Gasteiger partial charge on any atom is 0.636 e. The molecule has 0 rings (SSSR count). The molecule has 0 saturated carbocycles. The highest BCUT2D eigenvalue weighted by Crippen LogP contribution is 2.22. The highest BCUT2D eigenvalue weighted by Gasteiger charge is 2.37. The van der Waals surface area contributed by atoms with Crippen molar-refractivity contribution in [3.05, 3.63) is 0 Å². The largest absolute Gasteiger partial charge is 0.636 e. The van der Waals surface area contributed by atoms with Gasteiger partial charge in [0.25, 0.3) is 0 Å². The van der Waals surface area contributed by atoms with Gasteiger partial charge in [0.1, 0.15) is 0 Å². The van der Waals surface area contributed by atoms with Crippen LogP contribution in [0.15, 0.2) is 0 Å². The maximum atomic E-state index is 9.53. The van der Waals surface area contributed by atoms with Crippen molar-refractivity contribution in [2.24, 2.45) is 10.8 Å². The molecule has 1 atom stereocenters. The molecule has 0 amide bonds. The van der Waals surface area contributed by atoms with E-state index in [1.54, 1.807) is 0 Å². The Balaban J connectivity index is 4.41. The Bertz CT molecular complexity index is 260. The number of aliphatic hydroxyl groups excluding tert-OH is 6. The Kier molecular flexibility index (Phi) is 9.53. The van der Waals surface area contributed by atoms with Crippen molar-refractivity contribution >= 4 is 7.32 Å². The lowest BCUT2D eigenvalue weighted by Gasteiger charge is -2.33. The van der Waals surface area contributed by atoms with E-state index < -0.39 is 57.3 Å². The summed E-state index contributed by atoms with van der Waals surface area (Å²) in [5, 5.41) is 64.7. The van der Waals surface area contributed by atoms with E-state index >= 15 is 0 Å². The standard InChI is InChI=1S/C11H25BO9/c1-9(18)11(5-16,6-17)8-21-12(19)20-7-10(2-13,3-14)4-15/h9,13-19H,2-8H2,1H3. The molecule has 0 aliphatic carbocycles. The smallest absolute Gasteiger partial charge is 0.402 e.